The highest BCUT2D eigenvalue weighted by Gasteiger charge is 2.15. The third-order valence-electron chi connectivity index (χ3n) is 3.87. The summed E-state index contributed by atoms with van der Waals surface area (Å²) in [6, 6.07) is 8.67. The normalized spacial score (nSPS) is 11.8. The first-order valence-corrected chi connectivity index (χ1v) is 9.46. The molecule has 4 N–H and O–H groups in total. The highest BCUT2D eigenvalue weighted by molar-refractivity contribution is 7.89. The SMILES string of the molecule is Cc1[nH]n(-c2cccc([N+](=O)[O-])c2)c(=O)c1N=Nc1ccc(S(N)(=O)=O)cc1O. The molecule has 12 nitrogen and oxygen atoms in total. The highest BCUT2D eigenvalue weighted by atomic mass is 32.2. The summed E-state index contributed by atoms with van der Waals surface area (Å²) in [7, 11) is -4.00. The maximum Gasteiger partial charge on any atom is 0.299 e. The molecule has 13 heteroatoms. The van der Waals surface area contributed by atoms with Crippen LogP contribution in [0.3, 0.4) is 0 Å². The van der Waals surface area contributed by atoms with Crippen molar-refractivity contribution in [1.82, 2.24) is 9.78 Å². The zero-order valence-corrected chi connectivity index (χ0v) is 15.6. The van der Waals surface area contributed by atoms with E-state index in [1.807, 2.05) is 0 Å². The van der Waals surface area contributed by atoms with E-state index in [-0.39, 0.29) is 27.6 Å². The molecule has 3 aromatic rings. The van der Waals surface area contributed by atoms with Gasteiger partial charge >= 0.3 is 0 Å². The number of aromatic nitrogens is 2. The number of aromatic hydroxyl groups is 1. The van der Waals surface area contributed by atoms with Crippen LogP contribution in [0.5, 0.6) is 5.75 Å². The number of phenols is 1. The summed E-state index contributed by atoms with van der Waals surface area (Å²) >= 11 is 0. The van der Waals surface area contributed by atoms with Crippen LogP contribution in [0.1, 0.15) is 5.69 Å². The fourth-order valence-electron chi connectivity index (χ4n) is 2.45. The largest absolute Gasteiger partial charge is 0.506 e. The number of primary sulfonamides is 1. The minimum absolute atomic E-state index is 0.0840. The molecule has 150 valence electrons. The Kier molecular flexibility index (Phi) is 5.01. The van der Waals surface area contributed by atoms with E-state index in [1.165, 1.54) is 30.3 Å². The van der Waals surface area contributed by atoms with E-state index in [4.69, 9.17) is 5.14 Å². The molecule has 0 spiro atoms. The number of aromatic amines is 1. The molecule has 0 aliphatic carbocycles. The average molecular weight is 418 g/mol. The molecule has 1 aromatic heterocycles. The monoisotopic (exact) mass is 418 g/mol. The van der Waals surface area contributed by atoms with Crippen molar-refractivity contribution in [3.63, 3.8) is 0 Å². The summed E-state index contributed by atoms with van der Waals surface area (Å²) < 4.78 is 23.7. The second-order valence-corrected chi connectivity index (χ2v) is 7.46. The molecule has 0 aliphatic rings. The predicted octanol–water partition coefficient (Wildman–Crippen LogP) is 2.15. The van der Waals surface area contributed by atoms with Crippen molar-refractivity contribution in [1.29, 1.82) is 0 Å². The van der Waals surface area contributed by atoms with Crippen molar-refractivity contribution in [2.24, 2.45) is 15.4 Å². The Morgan fingerprint density at radius 2 is 1.93 bits per heavy atom. The number of H-pyrrole nitrogens is 1. The second-order valence-electron chi connectivity index (χ2n) is 5.90. The molecule has 0 saturated heterocycles. The molecular weight excluding hydrogens is 404 g/mol. The van der Waals surface area contributed by atoms with Crippen molar-refractivity contribution in [2.45, 2.75) is 11.8 Å². The van der Waals surface area contributed by atoms with E-state index in [9.17, 15) is 28.4 Å². The van der Waals surface area contributed by atoms with Gasteiger partial charge in [-0.3, -0.25) is 20.0 Å². The molecule has 0 unspecified atom stereocenters. The van der Waals surface area contributed by atoms with Gasteiger partial charge in [0.15, 0.2) is 5.69 Å². The zero-order chi connectivity index (χ0) is 21.3. The van der Waals surface area contributed by atoms with E-state index in [0.29, 0.717) is 5.69 Å². The number of hydrogen-bond donors (Lipinski definition) is 3. The molecule has 0 amide bonds. The van der Waals surface area contributed by atoms with E-state index in [1.54, 1.807) is 6.92 Å². The number of nitrogens with one attached hydrogen (secondary N) is 1. The van der Waals surface area contributed by atoms with E-state index < -0.39 is 26.3 Å². The van der Waals surface area contributed by atoms with Gasteiger partial charge < -0.3 is 5.11 Å². The maximum atomic E-state index is 12.6. The van der Waals surface area contributed by atoms with E-state index in [2.05, 4.69) is 15.3 Å². The number of sulfonamides is 1. The van der Waals surface area contributed by atoms with Crippen LogP contribution in [0.2, 0.25) is 0 Å². The van der Waals surface area contributed by atoms with Crippen LogP contribution in [0.25, 0.3) is 5.69 Å². The van der Waals surface area contributed by atoms with Gasteiger partial charge in [-0.05, 0) is 25.1 Å². The van der Waals surface area contributed by atoms with Crippen LogP contribution < -0.4 is 10.7 Å². The van der Waals surface area contributed by atoms with Crippen LogP contribution in [-0.2, 0) is 10.0 Å². The van der Waals surface area contributed by atoms with Gasteiger partial charge in [0.05, 0.1) is 21.2 Å². The average Bonchev–Trinajstić information content (AvgIpc) is 2.94. The minimum atomic E-state index is -4.00. The first kappa shape index (κ1) is 19.9. The molecule has 0 atom stereocenters. The third kappa shape index (κ3) is 4.04. The number of nitro benzene ring substituents is 1. The smallest absolute Gasteiger partial charge is 0.299 e. The van der Waals surface area contributed by atoms with Gasteiger partial charge in [0.25, 0.3) is 11.2 Å². The lowest BCUT2D eigenvalue weighted by Crippen LogP contribution is -2.14. The lowest BCUT2D eigenvalue weighted by atomic mass is 10.3. The predicted molar refractivity (Wildman–Crippen MR) is 101 cm³/mol. The highest BCUT2D eigenvalue weighted by Crippen LogP contribution is 2.30. The number of hydrogen-bond acceptors (Lipinski definition) is 8. The van der Waals surface area contributed by atoms with Crippen LogP contribution in [0.4, 0.5) is 17.1 Å². The van der Waals surface area contributed by atoms with Crippen LogP contribution in [0.15, 0.2) is 62.4 Å². The molecule has 3 rings (SSSR count). The summed E-state index contributed by atoms with van der Waals surface area (Å²) in [5.74, 6) is -0.493. The molecule has 29 heavy (non-hydrogen) atoms. The van der Waals surface area contributed by atoms with Crippen LogP contribution in [0, 0.1) is 17.0 Å². The molecule has 0 bridgehead atoms. The quantitative estimate of drug-likeness (QED) is 0.323. The number of nitro groups is 1. The Hall–Kier alpha value is -3.84. The fourth-order valence-corrected chi connectivity index (χ4v) is 2.99. The van der Waals surface area contributed by atoms with Gasteiger partial charge in [-0.25, -0.2) is 18.2 Å². The van der Waals surface area contributed by atoms with Crippen molar-refractivity contribution >= 4 is 27.1 Å². The summed E-state index contributed by atoms with van der Waals surface area (Å²) in [6.45, 7) is 1.55. The minimum Gasteiger partial charge on any atom is -0.506 e. The number of benzene rings is 2. The molecule has 1 heterocycles. The second kappa shape index (κ2) is 7.29. The standard InChI is InChI=1S/C16H14N6O6S/c1-9-15(19-18-13-6-5-12(8-14(13)23)29(17,27)28)16(24)21(20-9)10-3-2-4-11(7-10)22(25)26/h2-8,20,23H,1H3,(H2,17,27,28). The Bertz CT molecular complexity index is 1310. The number of rotatable bonds is 5. The summed E-state index contributed by atoms with van der Waals surface area (Å²) in [4.78, 5) is 22.6. The zero-order valence-electron chi connectivity index (χ0n) is 14.8. The lowest BCUT2D eigenvalue weighted by Gasteiger charge is -2.01. The number of phenolic OH excluding ortho intramolecular Hbond substituents is 1. The Morgan fingerprint density at radius 1 is 1.21 bits per heavy atom. The maximum absolute atomic E-state index is 12.6. The van der Waals surface area contributed by atoms with Gasteiger partial charge in [0.2, 0.25) is 10.0 Å². The molecule has 0 radical (unpaired) electrons. The lowest BCUT2D eigenvalue weighted by molar-refractivity contribution is -0.384. The number of nitrogens with two attached hydrogens (primary N) is 1. The van der Waals surface area contributed by atoms with E-state index in [0.717, 1.165) is 16.8 Å². The molecule has 0 fully saturated rings. The van der Waals surface area contributed by atoms with Crippen LogP contribution in [-0.4, -0.2) is 28.2 Å². The molecule has 2 aromatic carbocycles. The van der Waals surface area contributed by atoms with Crippen molar-refractivity contribution < 1.29 is 18.4 Å². The van der Waals surface area contributed by atoms with E-state index >= 15 is 0 Å². The van der Waals surface area contributed by atoms with Gasteiger partial charge in [-0.15, -0.1) is 10.2 Å². The van der Waals surface area contributed by atoms with Gasteiger partial charge in [-0.1, -0.05) is 6.07 Å². The first-order valence-electron chi connectivity index (χ1n) is 7.92. The number of azo groups is 1. The first-order chi connectivity index (χ1) is 13.6. The fraction of sp³-hybridized carbons (Fsp3) is 0.0625. The molecular formula is C16H14N6O6S. The number of nitrogens with zero attached hydrogens (tertiary/aromatic N) is 4. The Balaban J connectivity index is 1.99. The van der Waals surface area contributed by atoms with Gasteiger partial charge in [-0.2, -0.15) is 0 Å². The summed E-state index contributed by atoms with van der Waals surface area (Å²) in [6.07, 6.45) is 0. The number of aryl methyl sites for hydroxylation is 1. The molecule has 0 aliphatic heterocycles. The van der Waals surface area contributed by atoms with Gasteiger partial charge in [0, 0.05) is 18.2 Å². The summed E-state index contributed by atoms with van der Waals surface area (Å²) in [5.41, 5.74) is -0.428. The van der Waals surface area contributed by atoms with Crippen molar-refractivity contribution in [3.8, 4) is 11.4 Å². The van der Waals surface area contributed by atoms with Crippen molar-refractivity contribution in [3.05, 3.63) is 68.6 Å². The Morgan fingerprint density at radius 3 is 2.55 bits per heavy atom. The summed E-state index contributed by atoms with van der Waals surface area (Å²) in [5, 5.41) is 36.2. The van der Waals surface area contributed by atoms with Crippen molar-refractivity contribution in [2.75, 3.05) is 0 Å². The Labute approximate surface area is 163 Å². The topological polar surface area (TPSA) is 186 Å². The van der Waals surface area contributed by atoms with Gasteiger partial charge in [0.1, 0.15) is 11.4 Å². The third-order valence-corrected chi connectivity index (χ3v) is 4.78. The number of non-ortho nitro benzene ring substituents is 1. The van der Waals surface area contributed by atoms with Crippen LogP contribution >= 0.6 is 0 Å². The molecule has 0 saturated carbocycles.